The van der Waals surface area contributed by atoms with Crippen molar-refractivity contribution in [3.63, 3.8) is 0 Å². The summed E-state index contributed by atoms with van der Waals surface area (Å²) in [6.07, 6.45) is 1.62. The van der Waals surface area contributed by atoms with Gasteiger partial charge in [-0.25, -0.2) is 4.99 Å². The highest BCUT2D eigenvalue weighted by atomic mass is 16.7. The Morgan fingerprint density at radius 1 is 1.22 bits per heavy atom. The van der Waals surface area contributed by atoms with Gasteiger partial charge in [0.1, 0.15) is 5.84 Å². The van der Waals surface area contributed by atoms with E-state index in [-0.39, 0.29) is 19.0 Å². The van der Waals surface area contributed by atoms with Crippen molar-refractivity contribution in [3.8, 4) is 12.1 Å². The number of hydrogen-bond acceptors (Lipinski definition) is 7. The average Bonchev–Trinajstić information content (AvgIpc) is 3.15. The summed E-state index contributed by atoms with van der Waals surface area (Å²) in [5, 5.41) is 19.8. The van der Waals surface area contributed by atoms with Crippen LogP contribution in [-0.2, 0) is 9.47 Å². The molecule has 0 radical (unpaired) electrons. The molecule has 7 heteroatoms. The molecule has 3 atom stereocenters. The molecule has 0 bridgehead atoms. The Hall–Kier alpha value is -2.48. The van der Waals surface area contributed by atoms with Gasteiger partial charge in [-0.2, -0.15) is 10.5 Å². The van der Waals surface area contributed by atoms with E-state index < -0.39 is 22.7 Å². The standard InChI is InChI=1S/C16H17N5O2/c1-3-22-16(23-4-2)15(10-18)12(11-7-5-6-8-20-11)14(15,9-17)13(19)21-16/h5-8,12H,3-4H2,1-2H3,(H2,19,21). The van der Waals surface area contributed by atoms with Gasteiger partial charge in [-0.05, 0) is 26.0 Å². The number of fused-ring (bicyclic) bond motifs is 1. The maximum absolute atomic E-state index is 9.98. The molecule has 1 aliphatic heterocycles. The molecule has 1 aliphatic carbocycles. The highest BCUT2D eigenvalue weighted by molar-refractivity contribution is 6.00. The maximum atomic E-state index is 9.98. The van der Waals surface area contributed by atoms with Gasteiger partial charge >= 0.3 is 0 Å². The maximum Gasteiger partial charge on any atom is 0.293 e. The summed E-state index contributed by atoms with van der Waals surface area (Å²) >= 11 is 0. The van der Waals surface area contributed by atoms with Gasteiger partial charge in [0.15, 0.2) is 10.8 Å². The van der Waals surface area contributed by atoms with Crippen LogP contribution in [0.25, 0.3) is 0 Å². The van der Waals surface area contributed by atoms with E-state index in [1.54, 1.807) is 32.2 Å². The first-order chi connectivity index (χ1) is 11.1. The molecule has 1 aromatic rings. The van der Waals surface area contributed by atoms with Gasteiger partial charge in [0.05, 0.1) is 18.1 Å². The normalized spacial score (nSPS) is 33.2. The zero-order valence-electron chi connectivity index (χ0n) is 13.0. The van der Waals surface area contributed by atoms with Crippen molar-refractivity contribution in [2.24, 2.45) is 21.6 Å². The lowest BCUT2D eigenvalue weighted by molar-refractivity contribution is -0.255. The number of nitrogens with zero attached hydrogens (tertiary/aromatic N) is 4. The molecule has 23 heavy (non-hydrogen) atoms. The van der Waals surface area contributed by atoms with E-state index in [9.17, 15) is 10.5 Å². The van der Waals surface area contributed by atoms with Crippen LogP contribution in [0.1, 0.15) is 25.5 Å². The van der Waals surface area contributed by atoms with Gasteiger partial charge in [0, 0.05) is 25.1 Å². The van der Waals surface area contributed by atoms with Crippen molar-refractivity contribution in [3.05, 3.63) is 30.1 Å². The number of pyridine rings is 1. The van der Waals surface area contributed by atoms with Gasteiger partial charge in [0.25, 0.3) is 5.91 Å². The fraction of sp³-hybridized carbons (Fsp3) is 0.500. The van der Waals surface area contributed by atoms with Crippen LogP contribution in [0.2, 0.25) is 0 Å². The van der Waals surface area contributed by atoms with Crippen LogP contribution in [0.3, 0.4) is 0 Å². The monoisotopic (exact) mass is 311 g/mol. The zero-order valence-corrected chi connectivity index (χ0v) is 13.0. The van der Waals surface area contributed by atoms with E-state index in [0.29, 0.717) is 5.69 Å². The fourth-order valence-electron chi connectivity index (χ4n) is 3.74. The number of aliphatic imine (C=N–C) groups is 1. The summed E-state index contributed by atoms with van der Waals surface area (Å²) < 4.78 is 11.5. The van der Waals surface area contributed by atoms with Gasteiger partial charge < -0.3 is 15.2 Å². The number of nitriles is 2. The molecule has 2 aliphatic rings. The second-order valence-corrected chi connectivity index (χ2v) is 5.47. The quantitative estimate of drug-likeness (QED) is 0.819. The minimum atomic E-state index is -1.58. The minimum absolute atomic E-state index is 0.0686. The molecule has 0 amide bonds. The van der Waals surface area contributed by atoms with Crippen LogP contribution < -0.4 is 5.73 Å². The summed E-state index contributed by atoms with van der Waals surface area (Å²) in [5.41, 5.74) is 4.08. The second kappa shape index (κ2) is 5.02. The summed E-state index contributed by atoms with van der Waals surface area (Å²) in [5.74, 6) is -2.05. The molecule has 0 aromatic carbocycles. The largest absolute Gasteiger partial charge is 0.386 e. The van der Waals surface area contributed by atoms with Gasteiger partial charge in [0.2, 0.25) is 0 Å². The van der Waals surface area contributed by atoms with Gasteiger partial charge in [-0.1, -0.05) is 6.07 Å². The van der Waals surface area contributed by atoms with Crippen molar-refractivity contribution in [2.45, 2.75) is 25.7 Å². The van der Waals surface area contributed by atoms with Crippen LogP contribution in [0.5, 0.6) is 0 Å². The molecule has 1 saturated carbocycles. The number of ether oxygens (including phenoxy) is 2. The number of rotatable bonds is 5. The first-order valence-electron chi connectivity index (χ1n) is 7.47. The summed E-state index contributed by atoms with van der Waals surface area (Å²) in [6, 6.07) is 9.79. The van der Waals surface area contributed by atoms with Crippen molar-refractivity contribution in [1.82, 2.24) is 4.98 Å². The van der Waals surface area contributed by atoms with E-state index in [1.807, 2.05) is 6.07 Å². The van der Waals surface area contributed by atoms with E-state index in [2.05, 4.69) is 22.1 Å². The first-order valence-corrected chi connectivity index (χ1v) is 7.47. The number of amidine groups is 1. The summed E-state index contributed by atoms with van der Waals surface area (Å²) in [6.45, 7) is 4.11. The second-order valence-electron chi connectivity index (χ2n) is 5.47. The van der Waals surface area contributed by atoms with E-state index in [4.69, 9.17) is 15.2 Å². The smallest absolute Gasteiger partial charge is 0.293 e. The molecule has 1 aromatic heterocycles. The molecule has 0 saturated heterocycles. The van der Waals surface area contributed by atoms with E-state index in [1.165, 1.54) is 0 Å². The Labute approximate surface area is 134 Å². The van der Waals surface area contributed by atoms with Crippen LogP contribution in [0.15, 0.2) is 29.4 Å². The lowest BCUT2D eigenvalue weighted by atomic mass is 9.93. The third kappa shape index (κ3) is 1.53. The Morgan fingerprint density at radius 2 is 1.91 bits per heavy atom. The number of nitrogens with two attached hydrogens (primary N) is 1. The van der Waals surface area contributed by atoms with E-state index in [0.717, 1.165) is 0 Å². The molecule has 0 spiro atoms. The van der Waals surface area contributed by atoms with E-state index >= 15 is 0 Å². The fourth-order valence-corrected chi connectivity index (χ4v) is 3.74. The number of hydrogen-bond donors (Lipinski definition) is 1. The Morgan fingerprint density at radius 3 is 2.39 bits per heavy atom. The van der Waals surface area contributed by atoms with Gasteiger partial charge in [-0.3, -0.25) is 4.98 Å². The molecule has 3 rings (SSSR count). The van der Waals surface area contributed by atoms with Crippen molar-refractivity contribution < 1.29 is 9.47 Å². The molecule has 3 unspecified atom stereocenters. The average molecular weight is 311 g/mol. The predicted molar refractivity (Wildman–Crippen MR) is 80.7 cm³/mol. The Bertz CT molecular complexity index is 729. The van der Waals surface area contributed by atoms with Crippen molar-refractivity contribution in [2.75, 3.05) is 13.2 Å². The van der Waals surface area contributed by atoms with Crippen molar-refractivity contribution >= 4 is 5.84 Å². The van der Waals surface area contributed by atoms with Crippen LogP contribution in [0, 0.1) is 33.5 Å². The molecular weight excluding hydrogens is 294 g/mol. The third-order valence-electron chi connectivity index (χ3n) is 4.59. The summed E-state index contributed by atoms with van der Waals surface area (Å²) in [4.78, 5) is 8.57. The SMILES string of the molecule is CCOC1(OCC)N=C(N)C2(C#N)C(c3ccccn3)C12C#N. The molecule has 118 valence electrons. The highest BCUT2D eigenvalue weighted by Crippen LogP contribution is 2.81. The zero-order chi connectivity index (χ0) is 16.7. The van der Waals surface area contributed by atoms with Gasteiger partial charge in [-0.15, -0.1) is 0 Å². The van der Waals surface area contributed by atoms with Crippen LogP contribution in [-0.4, -0.2) is 29.9 Å². The van der Waals surface area contributed by atoms with Crippen LogP contribution in [0.4, 0.5) is 0 Å². The Balaban J connectivity index is 2.22. The molecular formula is C16H17N5O2. The van der Waals surface area contributed by atoms with Crippen LogP contribution >= 0.6 is 0 Å². The summed E-state index contributed by atoms with van der Waals surface area (Å²) in [7, 11) is 0. The molecule has 7 nitrogen and oxygen atoms in total. The molecule has 2 heterocycles. The third-order valence-corrected chi connectivity index (χ3v) is 4.59. The minimum Gasteiger partial charge on any atom is -0.386 e. The predicted octanol–water partition coefficient (Wildman–Crippen LogP) is 1.30. The molecule has 2 N–H and O–H groups in total. The topological polar surface area (TPSA) is 117 Å². The first kappa shape index (κ1) is 15.4. The Kier molecular flexibility index (Phi) is 3.36. The highest BCUT2D eigenvalue weighted by Gasteiger charge is 2.94. The lowest BCUT2D eigenvalue weighted by Crippen LogP contribution is -2.43. The van der Waals surface area contributed by atoms with Crippen molar-refractivity contribution in [1.29, 1.82) is 10.5 Å². The number of aromatic nitrogens is 1. The molecule has 1 fully saturated rings. The lowest BCUT2D eigenvalue weighted by Gasteiger charge is -2.31.